The summed E-state index contributed by atoms with van der Waals surface area (Å²) in [6, 6.07) is 6.19. The van der Waals surface area contributed by atoms with Crippen LogP contribution in [0.4, 0.5) is 4.39 Å². The molecule has 1 aromatic rings. The standard InChI is InChI=1S/C10H11FN2O2S/c1-7(14)12-13-10(15)6-16-9-5-3-2-4-8(9)11/h2-5H,6H2,1H3,(H,12,14)(H,13,15). The maximum absolute atomic E-state index is 13.1. The first-order chi connectivity index (χ1) is 7.59. The fourth-order valence-corrected chi connectivity index (χ4v) is 1.64. The van der Waals surface area contributed by atoms with Gasteiger partial charge in [-0.1, -0.05) is 12.1 Å². The molecule has 1 aromatic carbocycles. The Balaban J connectivity index is 2.37. The molecule has 0 spiro atoms. The second kappa shape index (κ2) is 6.12. The summed E-state index contributed by atoms with van der Waals surface area (Å²) in [5.41, 5.74) is 4.34. The minimum absolute atomic E-state index is 0.0429. The monoisotopic (exact) mass is 242 g/mol. The molecule has 0 atom stereocenters. The lowest BCUT2D eigenvalue weighted by atomic mass is 10.3. The number of thioether (sulfide) groups is 1. The molecule has 16 heavy (non-hydrogen) atoms. The summed E-state index contributed by atoms with van der Waals surface area (Å²) in [4.78, 5) is 22.1. The first kappa shape index (κ1) is 12.5. The van der Waals surface area contributed by atoms with Crippen molar-refractivity contribution >= 4 is 23.6 Å². The van der Waals surface area contributed by atoms with Gasteiger partial charge in [0, 0.05) is 11.8 Å². The molecular formula is C10H11FN2O2S. The van der Waals surface area contributed by atoms with Crippen molar-refractivity contribution in [2.24, 2.45) is 0 Å². The van der Waals surface area contributed by atoms with Crippen LogP contribution in [0.5, 0.6) is 0 Å². The smallest absolute Gasteiger partial charge is 0.248 e. The van der Waals surface area contributed by atoms with Crippen LogP contribution in [0, 0.1) is 5.82 Å². The van der Waals surface area contributed by atoms with Crippen LogP contribution in [0.1, 0.15) is 6.92 Å². The lowest BCUT2D eigenvalue weighted by molar-refractivity contribution is -0.126. The first-order valence-corrected chi connectivity index (χ1v) is 5.51. The highest BCUT2D eigenvalue weighted by atomic mass is 32.2. The van der Waals surface area contributed by atoms with E-state index in [1.165, 1.54) is 13.0 Å². The maximum atomic E-state index is 13.1. The van der Waals surface area contributed by atoms with Gasteiger partial charge in [0.1, 0.15) is 5.82 Å². The van der Waals surface area contributed by atoms with Crippen LogP contribution < -0.4 is 10.9 Å². The van der Waals surface area contributed by atoms with Crippen molar-refractivity contribution in [1.29, 1.82) is 0 Å². The van der Waals surface area contributed by atoms with Crippen LogP contribution in [-0.4, -0.2) is 17.6 Å². The van der Waals surface area contributed by atoms with E-state index < -0.39 is 0 Å². The molecule has 0 aliphatic carbocycles. The van der Waals surface area contributed by atoms with Crippen LogP contribution >= 0.6 is 11.8 Å². The topological polar surface area (TPSA) is 58.2 Å². The van der Waals surface area contributed by atoms with Gasteiger partial charge >= 0.3 is 0 Å². The minimum atomic E-state index is -0.386. The van der Waals surface area contributed by atoms with E-state index in [2.05, 4.69) is 10.9 Å². The van der Waals surface area contributed by atoms with Gasteiger partial charge < -0.3 is 0 Å². The molecule has 0 aliphatic rings. The zero-order chi connectivity index (χ0) is 12.0. The molecule has 0 fully saturated rings. The normalized spacial score (nSPS) is 9.62. The first-order valence-electron chi connectivity index (χ1n) is 4.52. The molecular weight excluding hydrogens is 231 g/mol. The molecule has 0 heterocycles. The van der Waals surface area contributed by atoms with Gasteiger partial charge in [-0.3, -0.25) is 20.4 Å². The molecule has 86 valence electrons. The molecule has 1 rings (SSSR count). The highest BCUT2D eigenvalue weighted by Crippen LogP contribution is 2.20. The number of hydrogen-bond donors (Lipinski definition) is 2. The Bertz CT molecular complexity index is 398. The van der Waals surface area contributed by atoms with Gasteiger partial charge in [0.15, 0.2) is 0 Å². The van der Waals surface area contributed by atoms with Crippen molar-refractivity contribution in [2.45, 2.75) is 11.8 Å². The lowest BCUT2D eigenvalue weighted by Crippen LogP contribution is -2.41. The van der Waals surface area contributed by atoms with Crippen molar-refractivity contribution in [2.75, 3.05) is 5.75 Å². The average molecular weight is 242 g/mol. The van der Waals surface area contributed by atoms with Crippen LogP contribution in [0.3, 0.4) is 0 Å². The number of benzene rings is 1. The zero-order valence-corrected chi connectivity index (χ0v) is 9.44. The van der Waals surface area contributed by atoms with E-state index in [0.29, 0.717) is 4.90 Å². The second-order valence-corrected chi connectivity index (χ2v) is 3.97. The Kier molecular flexibility index (Phi) is 4.78. The molecule has 0 saturated carbocycles. The van der Waals surface area contributed by atoms with Gasteiger partial charge in [-0.25, -0.2) is 4.39 Å². The highest BCUT2D eigenvalue weighted by molar-refractivity contribution is 8.00. The van der Waals surface area contributed by atoms with E-state index in [4.69, 9.17) is 0 Å². The number of carbonyl (C=O) groups is 2. The summed E-state index contributed by atoms with van der Waals surface area (Å²) in [5.74, 6) is -1.06. The summed E-state index contributed by atoms with van der Waals surface area (Å²) in [6.45, 7) is 1.28. The molecule has 2 amide bonds. The van der Waals surface area contributed by atoms with Crippen LogP contribution in [0.15, 0.2) is 29.2 Å². The Morgan fingerprint density at radius 1 is 1.31 bits per heavy atom. The van der Waals surface area contributed by atoms with Gasteiger partial charge in [0.2, 0.25) is 11.8 Å². The number of hydrogen-bond acceptors (Lipinski definition) is 3. The lowest BCUT2D eigenvalue weighted by Gasteiger charge is -2.05. The van der Waals surface area contributed by atoms with Crippen molar-refractivity contribution < 1.29 is 14.0 Å². The Morgan fingerprint density at radius 2 is 2.00 bits per heavy atom. The Morgan fingerprint density at radius 3 is 2.62 bits per heavy atom. The third-order valence-corrected chi connectivity index (χ3v) is 2.62. The number of halogens is 1. The van der Waals surface area contributed by atoms with E-state index in [-0.39, 0.29) is 23.4 Å². The summed E-state index contributed by atoms with van der Waals surface area (Å²) >= 11 is 1.07. The average Bonchev–Trinajstić information content (AvgIpc) is 2.25. The van der Waals surface area contributed by atoms with Crippen LogP contribution in [0.25, 0.3) is 0 Å². The van der Waals surface area contributed by atoms with E-state index in [0.717, 1.165) is 11.8 Å². The van der Waals surface area contributed by atoms with Crippen molar-refractivity contribution in [3.8, 4) is 0 Å². The summed E-state index contributed by atoms with van der Waals surface area (Å²) in [5, 5.41) is 0. The van der Waals surface area contributed by atoms with E-state index in [1.54, 1.807) is 18.2 Å². The second-order valence-electron chi connectivity index (χ2n) is 2.95. The van der Waals surface area contributed by atoms with Crippen molar-refractivity contribution in [3.63, 3.8) is 0 Å². The summed E-state index contributed by atoms with van der Waals surface area (Å²) < 4.78 is 13.1. The van der Waals surface area contributed by atoms with E-state index in [1.807, 2.05) is 0 Å². The zero-order valence-electron chi connectivity index (χ0n) is 8.62. The SMILES string of the molecule is CC(=O)NNC(=O)CSc1ccccc1F. The number of carbonyl (C=O) groups excluding carboxylic acids is 2. The summed E-state index contributed by atoms with van der Waals surface area (Å²) in [7, 11) is 0. The number of amides is 2. The quantitative estimate of drug-likeness (QED) is 0.616. The number of rotatable bonds is 3. The van der Waals surface area contributed by atoms with Crippen molar-refractivity contribution in [3.05, 3.63) is 30.1 Å². The predicted octanol–water partition coefficient (Wildman–Crippen LogP) is 1.09. The van der Waals surface area contributed by atoms with Gasteiger partial charge in [-0.2, -0.15) is 0 Å². The molecule has 0 bridgehead atoms. The molecule has 0 unspecified atom stereocenters. The highest BCUT2D eigenvalue weighted by Gasteiger charge is 2.05. The van der Waals surface area contributed by atoms with Crippen LogP contribution in [-0.2, 0) is 9.59 Å². The third-order valence-electron chi connectivity index (χ3n) is 1.57. The fraction of sp³-hybridized carbons (Fsp3) is 0.200. The van der Waals surface area contributed by atoms with Gasteiger partial charge in [-0.15, -0.1) is 11.8 Å². The summed E-state index contributed by atoms with van der Waals surface area (Å²) in [6.07, 6.45) is 0. The van der Waals surface area contributed by atoms with Gasteiger partial charge in [-0.05, 0) is 12.1 Å². The van der Waals surface area contributed by atoms with Crippen LogP contribution in [0.2, 0.25) is 0 Å². The fourth-order valence-electron chi connectivity index (χ4n) is 0.899. The molecule has 0 radical (unpaired) electrons. The van der Waals surface area contributed by atoms with Gasteiger partial charge in [0.25, 0.3) is 0 Å². The van der Waals surface area contributed by atoms with Crippen molar-refractivity contribution in [1.82, 2.24) is 10.9 Å². The minimum Gasteiger partial charge on any atom is -0.274 e. The third kappa shape index (κ3) is 4.31. The van der Waals surface area contributed by atoms with E-state index in [9.17, 15) is 14.0 Å². The molecule has 0 aliphatic heterocycles. The molecule has 0 saturated heterocycles. The predicted molar refractivity (Wildman–Crippen MR) is 59.1 cm³/mol. The molecule has 6 heteroatoms. The maximum Gasteiger partial charge on any atom is 0.248 e. The largest absolute Gasteiger partial charge is 0.274 e. The van der Waals surface area contributed by atoms with Gasteiger partial charge in [0.05, 0.1) is 5.75 Å². The number of hydrazine groups is 1. The van der Waals surface area contributed by atoms with E-state index >= 15 is 0 Å². The molecule has 0 aromatic heterocycles. The Labute approximate surface area is 96.6 Å². The Hall–Kier alpha value is -1.56. The number of nitrogens with one attached hydrogen (secondary N) is 2. The molecule has 4 nitrogen and oxygen atoms in total. The molecule has 2 N–H and O–H groups in total.